The minimum Gasteiger partial charge on any atom is -0.377 e. The molecule has 2 heterocycles. The zero-order valence-electron chi connectivity index (χ0n) is 10.7. The van der Waals surface area contributed by atoms with Crippen LogP contribution in [0.2, 0.25) is 0 Å². The molecule has 2 atom stereocenters. The molecule has 0 radical (unpaired) electrons. The summed E-state index contributed by atoms with van der Waals surface area (Å²) in [7, 11) is 1.54. The molecule has 0 aromatic carbocycles. The maximum absolute atomic E-state index is 12.4. The predicted molar refractivity (Wildman–Crippen MR) is 71.6 cm³/mol. The number of nitrogens with two attached hydrogens (primary N) is 1. The van der Waals surface area contributed by atoms with E-state index in [2.05, 4.69) is 5.32 Å². The third kappa shape index (κ3) is 2.94. The molecule has 2 rings (SSSR count). The summed E-state index contributed by atoms with van der Waals surface area (Å²) in [6.45, 7) is 1.02. The van der Waals surface area contributed by atoms with E-state index < -0.39 is 12.1 Å². The van der Waals surface area contributed by atoms with Crippen LogP contribution in [0.15, 0.2) is 17.5 Å². The van der Waals surface area contributed by atoms with Gasteiger partial charge in [0.1, 0.15) is 12.1 Å². The van der Waals surface area contributed by atoms with E-state index in [9.17, 15) is 9.59 Å². The van der Waals surface area contributed by atoms with Gasteiger partial charge in [0.2, 0.25) is 11.8 Å². The summed E-state index contributed by atoms with van der Waals surface area (Å²) in [5.41, 5.74) is 5.96. The van der Waals surface area contributed by atoms with Crippen LogP contribution in [0, 0.1) is 0 Å². The van der Waals surface area contributed by atoms with E-state index in [-0.39, 0.29) is 18.4 Å². The molecule has 1 aromatic heterocycles. The lowest BCUT2D eigenvalue weighted by Gasteiger charge is -2.35. The molecule has 1 saturated heterocycles. The molecule has 19 heavy (non-hydrogen) atoms. The predicted octanol–water partition coefficient (Wildman–Crippen LogP) is -0.279. The summed E-state index contributed by atoms with van der Waals surface area (Å²) in [4.78, 5) is 26.5. The number of hydrogen-bond acceptors (Lipinski definition) is 5. The second-order valence-corrected chi connectivity index (χ2v) is 5.21. The minimum absolute atomic E-state index is 0.211. The Morgan fingerprint density at radius 2 is 2.42 bits per heavy atom. The molecule has 1 aliphatic heterocycles. The number of rotatable bonds is 3. The van der Waals surface area contributed by atoms with Crippen molar-refractivity contribution >= 4 is 23.2 Å². The number of thiophene rings is 1. The smallest absolute Gasteiger partial charge is 0.245 e. The van der Waals surface area contributed by atoms with Crippen molar-refractivity contribution in [2.45, 2.75) is 12.1 Å². The molecule has 6 nitrogen and oxygen atoms in total. The quantitative estimate of drug-likeness (QED) is 0.799. The normalized spacial score (nSPS) is 20.9. The van der Waals surface area contributed by atoms with Crippen molar-refractivity contribution in [3.8, 4) is 0 Å². The number of amides is 2. The Morgan fingerprint density at radius 1 is 1.63 bits per heavy atom. The fourth-order valence-electron chi connectivity index (χ4n) is 2.02. The van der Waals surface area contributed by atoms with E-state index in [1.165, 1.54) is 16.2 Å². The number of nitrogens with one attached hydrogen (secondary N) is 1. The lowest BCUT2D eigenvalue weighted by Crippen LogP contribution is -2.57. The summed E-state index contributed by atoms with van der Waals surface area (Å²) in [5.74, 6) is -0.467. The van der Waals surface area contributed by atoms with E-state index >= 15 is 0 Å². The van der Waals surface area contributed by atoms with Gasteiger partial charge >= 0.3 is 0 Å². The lowest BCUT2D eigenvalue weighted by molar-refractivity contribution is -0.149. The van der Waals surface area contributed by atoms with E-state index in [0.717, 1.165) is 4.88 Å². The molecule has 104 valence electrons. The van der Waals surface area contributed by atoms with Crippen molar-refractivity contribution in [2.24, 2.45) is 5.73 Å². The summed E-state index contributed by atoms with van der Waals surface area (Å²) in [6.07, 6.45) is 0. The SMILES string of the molecule is CNC(=O)C1COCCN1C(=O)C(N)c1cccs1. The van der Waals surface area contributed by atoms with Crippen LogP contribution in [0.25, 0.3) is 0 Å². The minimum atomic E-state index is -0.717. The molecule has 1 fully saturated rings. The Bertz CT molecular complexity index is 449. The van der Waals surface area contributed by atoms with E-state index in [1.54, 1.807) is 7.05 Å². The van der Waals surface area contributed by atoms with Crippen LogP contribution < -0.4 is 11.1 Å². The van der Waals surface area contributed by atoms with Crippen LogP contribution in [0.4, 0.5) is 0 Å². The fraction of sp³-hybridized carbons (Fsp3) is 0.500. The Kier molecular flexibility index (Phi) is 4.52. The second-order valence-electron chi connectivity index (χ2n) is 4.23. The van der Waals surface area contributed by atoms with Crippen LogP contribution in [0.3, 0.4) is 0 Å². The second kappa shape index (κ2) is 6.14. The summed E-state index contributed by atoms with van der Waals surface area (Å²) in [5, 5.41) is 4.42. The van der Waals surface area contributed by atoms with E-state index in [4.69, 9.17) is 10.5 Å². The highest BCUT2D eigenvalue weighted by molar-refractivity contribution is 7.10. The van der Waals surface area contributed by atoms with Gasteiger partial charge in [0.15, 0.2) is 0 Å². The Morgan fingerprint density at radius 3 is 3.05 bits per heavy atom. The summed E-state index contributed by atoms with van der Waals surface area (Å²) >= 11 is 1.43. The Labute approximate surface area is 115 Å². The standard InChI is InChI=1S/C12H17N3O3S/c1-14-11(16)8-7-18-5-4-15(8)12(17)10(13)9-3-2-6-19-9/h2-3,6,8,10H,4-5,7,13H2,1H3,(H,14,16). The lowest BCUT2D eigenvalue weighted by atomic mass is 10.1. The van der Waals surface area contributed by atoms with Crippen molar-refractivity contribution in [1.29, 1.82) is 0 Å². The van der Waals surface area contributed by atoms with Gasteiger partial charge in [0.05, 0.1) is 13.2 Å². The third-order valence-corrected chi connectivity index (χ3v) is 4.03. The number of carbonyl (C=O) groups is 2. The van der Waals surface area contributed by atoms with Crippen molar-refractivity contribution < 1.29 is 14.3 Å². The first-order valence-corrected chi connectivity index (χ1v) is 6.92. The largest absolute Gasteiger partial charge is 0.377 e. The van der Waals surface area contributed by atoms with Gasteiger partial charge in [-0.25, -0.2) is 0 Å². The summed E-state index contributed by atoms with van der Waals surface area (Å²) < 4.78 is 5.26. The summed E-state index contributed by atoms with van der Waals surface area (Å²) in [6, 6.07) is 2.35. The Hall–Kier alpha value is -1.44. The number of carbonyl (C=O) groups excluding carboxylic acids is 2. The van der Waals surface area contributed by atoms with Crippen LogP contribution in [0.1, 0.15) is 10.9 Å². The molecule has 3 N–H and O–H groups in total. The number of likely N-dealkylation sites (N-methyl/N-ethyl adjacent to an activating group) is 1. The third-order valence-electron chi connectivity index (χ3n) is 3.08. The van der Waals surface area contributed by atoms with Crippen LogP contribution in [0.5, 0.6) is 0 Å². The molecule has 0 bridgehead atoms. The first-order chi connectivity index (χ1) is 9.15. The van der Waals surface area contributed by atoms with Crippen molar-refractivity contribution in [2.75, 3.05) is 26.8 Å². The zero-order valence-corrected chi connectivity index (χ0v) is 11.5. The Balaban J connectivity index is 2.13. The van der Waals surface area contributed by atoms with Gasteiger partial charge in [-0.1, -0.05) is 6.07 Å². The van der Waals surface area contributed by atoms with Crippen LogP contribution in [-0.2, 0) is 14.3 Å². The van der Waals surface area contributed by atoms with Gasteiger partial charge in [0.25, 0.3) is 0 Å². The molecular formula is C12H17N3O3S. The molecule has 1 aliphatic rings. The van der Waals surface area contributed by atoms with Crippen LogP contribution >= 0.6 is 11.3 Å². The maximum atomic E-state index is 12.4. The average Bonchev–Trinajstić information content (AvgIpc) is 2.99. The molecule has 0 spiro atoms. The van der Waals surface area contributed by atoms with Gasteiger partial charge in [0, 0.05) is 18.5 Å². The molecule has 1 aromatic rings. The van der Waals surface area contributed by atoms with E-state index in [0.29, 0.717) is 13.2 Å². The monoisotopic (exact) mass is 283 g/mol. The zero-order chi connectivity index (χ0) is 13.8. The number of nitrogens with zero attached hydrogens (tertiary/aromatic N) is 1. The topological polar surface area (TPSA) is 84.7 Å². The number of ether oxygens (including phenoxy) is 1. The number of morpholine rings is 1. The van der Waals surface area contributed by atoms with Gasteiger partial charge < -0.3 is 20.7 Å². The van der Waals surface area contributed by atoms with Gasteiger partial charge in [-0.05, 0) is 11.4 Å². The highest BCUT2D eigenvalue weighted by Crippen LogP contribution is 2.21. The van der Waals surface area contributed by atoms with Gasteiger partial charge in [-0.15, -0.1) is 11.3 Å². The van der Waals surface area contributed by atoms with Crippen LogP contribution in [-0.4, -0.2) is 49.6 Å². The maximum Gasteiger partial charge on any atom is 0.245 e. The van der Waals surface area contributed by atoms with Gasteiger partial charge in [-0.2, -0.15) is 0 Å². The highest BCUT2D eigenvalue weighted by Gasteiger charge is 2.35. The molecule has 0 aliphatic carbocycles. The number of hydrogen-bond donors (Lipinski definition) is 2. The first kappa shape index (κ1) is 14.0. The molecular weight excluding hydrogens is 266 g/mol. The molecule has 7 heteroatoms. The fourth-order valence-corrected chi connectivity index (χ4v) is 2.74. The average molecular weight is 283 g/mol. The van der Waals surface area contributed by atoms with Crippen molar-refractivity contribution in [3.63, 3.8) is 0 Å². The van der Waals surface area contributed by atoms with Crippen molar-refractivity contribution in [3.05, 3.63) is 22.4 Å². The van der Waals surface area contributed by atoms with Gasteiger partial charge in [-0.3, -0.25) is 9.59 Å². The first-order valence-electron chi connectivity index (χ1n) is 6.04. The highest BCUT2D eigenvalue weighted by atomic mass is 32.1. The van der Waals surface area contributed by atoms with E-state index in [1.807, 2.05) is 17.5 Å². The molecule has 2 unspecified atom stereocenters. The van der Waals surface area contributed by atoms with Crippen molar-refractivity contribution in [1.82, 2.24) is 10.2 Å². The molecule has 0 saturated carbocycles. The molecule has 2 amide bonds.